The number of rotatable bonds is 7. The summed E-state index contributed by atoms with van der Waals surface area (Å²) in [6.45, 7) is 5.05. The average Bonchev–Trinajstić information content (AvgIpc) is 2.91. The van der Waals surface area contributed by atoms with Crippen LogP contribution in [0.5, 0.6) is 0 Å². The van der Waals surface area contributed by atoms with Crippen LogP contribution in [0, 0.1) is 0 Å². The molecule has 0 aliphatic carbocycles. The topological polar surface area (TPSA) is 46.9 Å². The van der Waals surface area contributed by atoms with Crippen LogP contribution in [0.3, 0.4) is 0 Å². The number of thioether (sulfide) groups is 1. The van der Waals surface area contributed by atoms with Crippen LogP contribution < -0.4 is 5.32 Å². The molecule has 2 rings (SSSR count). The summed E-state index contributed by atoms with van der Waals surface area (Å²) < 4.78 is 1.91. The highest BCUT2D eigenvalue weighted by Gasteiger charge is 2.06. The lowest BCUT2D eigenvalue weighted by Crippen LogP contribution is -2.27. The quantitative estimate of drug-likeness (QED) is 0.799. The van der Waals surface area contributed by atoms with Crippen molar-refractivity contribution >= 4 is 17.7 Å². The molecular weight excluding hydrogens is 294 g/mol. The second kappa shape index (κ2) is 8.03. The third-order valence-electron chi connectivity index (χ3n) is 3.49. The predicted octanol–water partition coefficient (Wildman–Crippen LogP) is 2.99. The van der Waals surface area contributed by atoms with E-state index in [1.807, 2.05) is 17.8 Å². The largest absolute Gasteiger partial charge is 0.355 e. The molecule has 0 unspecified atom stereocenters. The van der Waals surface area contributed by atoms with Crippen molar-refractivity contribution in [2.45, 2.75) is 31.3 Å². The Morgan fingerprint density at radius 3 is 2.64 bits per heavy atom. The molecule has 1 heterocycles. The molecule has 5 heteroatoms. The van der Waals surface area contributed by atoms with Gasteiger partial charge in [-0.25, -0.2) is 4.98 Å². The lowest BCUT2D eigenvalue weighted by molar-refractivity contribution is -0.118. The highest BCUT2D eigenvalue weighted by molar-refractivity contribution is 7.99. The highest BCUT2D eigenvalue weighted by atomic mass is 32.2. The van der Waals surface area contributed by atoms with Crippen molar-refractivity contribution in [3.8, 4) is 0 Å². The zero-order valence-corrected chi connectivity index (χ0v) is 14.2. The van der Waals surface area contributed by atoms with Gasteiger partial charge in [-0.2, -0.15) is 0 Å². The van der Waals surface area contributed by atoms with Crippen LogP contribution in [0.2, 0.25) is 0 Å². The maximum Gasteiger partial charge on any atom is 0.230 e. The molecule has 0 spiro atoms. The highest BCUT2D eigenvalue weighted by Crippen LogP contribution is 2.15. The van der Waals surface area contributed by atoms with Crippen LogP contribution in [0.25, 0.3) is 0 Å². The number of hydrogen-bond acceptors (Lipinski definition) is 3. The van der Waals surface area contributed by atoms with Crippen molar-refractivity contribution in [2.24, 2.45) is 7.05 Å². The summed E-state index contributed by atoms with van der Waals surface area (Å²) in [5.41, 5.74) is 2.60. The molecule has 2 aromatic rings. The second-order valence-electron chi connectivity index (χ2n) is 5.61. The first-order chi connectivity index (χ1) is 10.6. The van der Waals surface area contributed by atoms with E-state index in [-0.39, 0.29) is 5.91 Å². The molecule has 118 valence electrons. The van der Waals surface area contributed by atoms with Gasteiger partial charge >= 0.3 is 0 Å². The van der Waals surface area contributed by atoms with E-state index in [0.29, 0.717) is 18.2 Å². The lowest BCUT2D eigenvalue weighted by atomic mass is 10.0. The van der Waals surface area contributed by atoms with E-state index in [4.69, 9.17) is 0 Å². The van der Waals surface area contributed by atoms with Gasteiger partial charge in [-0.05, 0) is 23.5 Å². The second-order valence-corrected chi connectivity index (χ2v) is 6.55. The summed E-state index contributed by atoms with van der Waals surface area (Å²) in [6, 6.07) is 8.62. The number of amides is 1. The number of aromatic nitrogens is 2. The number of nitrogens with one attached hydrogen (secondary N) is 1. The summed E-state index contributed by atoms with van der Waals surface area (Å²) in [5.74, 6) is 1.00. The standard InChI is InChI=1S/C17H23N3OS/c1-13(2)15-6-4-14(5-7-15)8-9-18-16(21)12-22-17-19-10-11-20(17)3/h4-7,10-11,13H,8-9,12H2,1-3H3,(H,18,21). The first kappa shape index (κ1) is 16.6. The van der Waals surface area contributed by atoms with Gasteiger partial charge in [0.1, 0.15) is 0 Å². The van der Waals surface area contributed by atoms with E-state index in [9.17, 15) is 4.79 Å². The van der Waals surface area contributed by atoms with Crippen LogP contribution >= 0.6 is 11.8 Å². The van der Waals surface area contributed by atoms with E-state index < -0.39 is 0 Å². The van der Waals surface area contributed by atoms with Crippen LogP contribution in [0.4, 0.5) is 0 Å². The SMILES string of the molecule is CC(C)c1ccc(CCNC(=O)CSc2nccn2C)cc1. The monoisotopic (exact) mass is 317 g/mol. The zero-order chi connectivity index (χ0) is 15.9. The van der Waals surface area contributed by atoms with E-state index >= 15 is 0 Å². The van der Waals surface area contributed by atoms with Crippen LogP contribution in [0.1, 0.15) is 30.9 Å². The maximum absolute atomic E-state index is 11.8. The molecule has 22 heavy (non-hydrogen) atoms. The Balaban J connectivity index is 1.69. The molecule has 1 aromatic carbocycles. The fourth-order valence-corrected chi connectivity index (χ4v) is 2.85. The number of aryl methyl sites for hydroxylation is 1. The van der Waals surface area contributed by atoms with Gasteiger partial charge in [0.25, 0.3) is 0 Å². The minimum atomic E-state index is 0.0480. The Morgan fingerprint density at radius 2 is 2.05 bits per heavy atom. The fraction of sp³-hybridized carbons (Fsp3) is 0.412. The molecule has 1 N–H and O–H groups in total. The first-order valence-electron chi connectivity index (χ1n) is 7.52. The number of benzene rings is 1. The van der Waals surface area contributed by atoms with Gasteiger partial charge in [0, 0.05) is 26.0 Å². The van der Waals surface area contributed by atoms with Gasteiger partial charge < -0.3 is 9.88 Å². The Bertz CT molecular complexity index is 605. The summed E-state index contributed by atoms with van der Waals surface area (Å²) in [6.07, 6.45) is 4.47. The maximum atomic E-state index is 11.8. The predicted molar refractivity (Wildman–Crippen MR) is 91.2 cm³/mol. The van der Waals surface area contributed by atoms with Crippen molar-refractivity contribution < 1.29 is 4.79 Å². The molecular formula is C17H23N3OS. The van der Waals surface area contributed by atoms with Gasteiger partial charge in [0.05, 0.1) is 5.75 Å². The third-order valence-corrected chi connectivity index (χ3v) is 4.55. The van der Waals surface area contributed by atoms with E-state index in [1.54, 1.807) is 6.20 Å². The van der Waals surface area contributed by atoms with E-state index in [0.717, 1.165) is 11.6 Å². The molecule has 0 aliphatic heterocycles. The first-order valence-corrected chi connectivity index (χ1v) is 8.50. The molecule has 0 saturated heterocycles. The lowest BCUT2D eigenvalue weighted by Gasteiger charge is -2.08. The Hall–Kier alpha value is -1.75. The van der Waals surface area contributed by atoms with Gasteiger partial charge in [-0.1, -0.05) is 49.9 Å². The van der Waals surface area contributed by atoms with Crippen LogP contribution in [0.15, 0.2) is 41.8 Å². The number of carbonyl (C=O) groups excluding carboxylic acids is 1. The summed E-state index contributed by atoms with van der Waals surface area (Å²) in [5, 5.41) is 3.81. The Kier molecular flexibility index (Phi) is 6.07. The van der Waals surface area contributed by atoms with Crippen molar-refractivity contribution in [3.05, 3.63) is 47.8 Å². The number of imidazole rings is 1. The molecule has 0 saturated carbocycles. The van der Waals surface area contributed by atoms with E-state index in [2.05, 4.69) is 48.4 Å². The molecule has 1 amide bonds. The van der Waals surface area contributed by atoms with Crippen LogP contribution in [-0.2, 0) is 18.3 Å². The van der Waals surface area contributed by atoms with Crippen molar-refractivity contribution in [1.29, 1.82) is 0 Å². The van der Waals surface area contributed by atoms with Gasteiger partial charge in [-0.15, -0.1) is 0 Å². The van der Waals surface area contributed by atoms with Crippen molar-refractivity contribution in [2.75, 3.05) is 12.3 Å². The van der Waals surface area contributed by atoms with Crippen molar-refractivity contribution in [1.82, 2.24) is 14.9 Å². The summed E-state index contributed by atoms with van der Waals surface area (Å²) in [4.78, 5) is 16.0. The smallest absolute Gasteiger partial charge is 0.230 e. The molecule has 4 nitrogen and oxygen atoms in total. The van der Waals surface area contributed by atoms with E-state index in [1.165, 1.54) is 22.9 Å². The zero-order valence-electron chi connectivity index (χ0n) is 13.4. The normalized spacial score (nSPS) is 10.9. The fourth-order valence-electron chi connectivity index (χ4n) is 2.09. The molecule has 0 aliphatic rings. The van der Waals surface area contributed by atoms with Gasteiger partial charge in [-0.3, -0.25) is 4.79 Å². The molecule has 1 aromatic heterocycles. The molecule has 0 radical (unpaired) electrons. The number of nitrogens with zero attached hydrogens (tertiary/aromatic N) is 2. The average molecular weight is 317 g/mol. The van der Waals surface area contributed by atoms with Crippen LogP contribution in [-0.4, -0.2) is 27.8 Å². The summed E-state index contributed by atoms with van der Waals surface area (Å²) >= 11 is 1.45. The molecule has 0 fully saturated rings. The van der Waals surface area contributed by atoms with Gasteiger partial charge in [0.15, 0.2) is 5.16 Å². The summed E-state index contributed by atoms with van der Waals surface area (Å²) in [7, 11) is 1.92. The minimum Gasteiger partial charge on any atom is -0.355 e. The van der Waals surface area contributed by atoms with Crippen molar-refractivity contribution in [3.63, 3.8) is 0 Å². The minimum absolute atomic E-state index is 0.0480. The number of carbonyl (C=O) groups is 1. The Labute approximate surface area is 136 Å². The number of hydrogen-bond donors (Lipinski definition) is 1. The van der Waals surface area contributed by atoms with Gasteiger partial charge in [0.2, 0.25) is 5.91 Å². The third kappa shape index (κ3) is 4.91. The molecule has 0 bridgehead atoms. The molecule has 0 atom stereocenters. The Morgan fingerprint density at radius 1 is 1.32 bits per heavy atom.